The number of phosphoric ester groups is 1. The minimum absolute atomic E-state index is 0.104. The normalized spacial score (nSPS) is 29.3. The molecule has 0 bridgehead atoms. The number of nitrogens with zero attached hydrogens (tertiary/aromatic N) is 4. The highest BCUT2D eigenvalue weighted by Crippen LogP contribution is 2.60. The Bertz CT molecular complexity index is 1040. The first-order chi connectivity index (χ1) is 13.7. The fourth-order valence-corrected chi connectivity index (χ4v) is 4.44. The summed E-state index contributed by atoms with van der Waals surface area (Å²) in [5.74, 6) is -3.68. The van der Waals surface area contributed by atoms with Crippen LogP contribution < -0.4 is 10.5 Å². The molecular weight excluding hydrogens is 412 g/mol. The van der Waals surface area contributed by atoms with Gasteiger partial charge in [-0.25, -0.2) is 14.1 Å². The first kappa shape index (κ1) is 19.8. The Hall–Kier alpha value is -2.47. The Morgan fingerprint density at radius 2 is 2.28 bits per heavy atom. The minimum Gasteiger partial charge on any atom is -0.505 e. The van der Waals surface area contributed by atoms with Gasteiger partial charge in [0.1, 0.15) is 12.9 Å². The van der Waals surface area contributed by atoms with E-state index in [1.54, 1.807) is 20.8 Å². The highest BCUT2D eigenvalue weighted by atomic mass is 31.2. The van der Waals surface area contributed by atoms with Crippen LogP contribution in [0.25, 0.3) is 17.0 Å². The van der Waals surface area contributed by atoms with Crippen LogP contribution in [0.1, 0.15) is 20.8 Å². The molecule has 2 aromatic rings. The van der Waals surface area contributed by atoms with Crippen LogP contribution in [0, 0.1) is 0 Å². The third-order valence-corrected chi connectivity index (χ3v) is 5.59. The molecule has 2 aromatic heterocycles. The molecule has 14 heteroatoms. The van der Waals surface area contributed by atoms with Gasteiger partial charge in [-0.05, 0) is 20.8 Å². The summed E-state index contributed by atoms with van der Waals surface area (Å²) in [4.78, 5) is 12.1. The lowest BCUT2D eigenvalue weighted by Gasteiger charge is -2.34. The molecule has 29 heavy (non-hydrogen) atoms. The second-order valence-electron chi connectivity index (χ2n) is 6.55. The van der Waals surface area contributed by atoms with Crippen LogP contribution in [0.15, 0.2) is 12.1 Å². The van der Waals surface area contributed by atoms with Crippen molar-refractivity contribution >= 4 is 30.8 Å². The second kappa shape index (κ2) is 6.80. The molecule has 1 saturated heterocycles. The smallest absolute Gasteiger partial charge is 0.476 e. The number of ether oxygens (including phenoxy) is 2. The molecule has 0 aromatic carbocycles. The number of alkyl halides is 1. The van der Waals surface area contributed by atoms with Crippen molar-refractivity contribution in [2.75, 3.05) is 18.9 Å². The number of phosphoric acid groups is 1. The third-order valence-electron chi connectivity index (χ3n) is 4.00. The van der Waals surface area contributed by atoms with Gasteiger partial charge in [0, 0.05) is 0 Å². The monoisotopic (exact) mass is 431 g/mol. The van der Waals surface area contributed by atoms with E-state index < -0.39 is 38.3 Å². The molecule has 158 valence electrons. The summed E-state index contributed by atoms with van der Waals surface area (Å²) in [6.07, 6.45) is -1.03. The second-order valence-corrected chi connectivity index (χ2v) is 8.12. The molecule has 0 radical (unpaired) electrons. The van der Waals surface area contributed by atoms with E-state index in [2.05, 4.69) is 15.0 Å². The van der Waals surface area contributed by atoms with Crippen LogP contribution in [0.3, 0.4) is 0 Å². The predicted octanol–water partition coefficient (Wildman–Crippen LogP) is 2.14. The first-order valence-corrected chi connectivity index (χ1v) is 10.2. The molecule has 0 aliphatic carbocycles. The van der Waals surface area contributed by atoms with E-state index in [0.29, 0.717) is 6.61 Å². The van der Waals surface area contributed by atoms with Gasteiger partial charge in [-0.15, -0.1) is 0 Å². The summed E-state index contributed by atoms with van der Waals surface area (Å²) >= 11 is 0. The molecule has 3 N–H and O–H groups in total. The lowest BCUT2D eigenvalue weighted by atomic mass is 10.2. The largest absolute Gasteiger partial charge is 0.505 e. The molecule has 2 aliphatic rings. The molecule has 4 heterocycles. The summed E-state index contributed by atoms with van der Waals surface area (Å²) in [6.45, 7) is 4.47. The lowest BCUT2D eigenvalue weighted by molar-refractivity contribution is -0.188. The fraction of sp³-hybridized carbons (Fsp3) is 0.533. The lowest BCUT2D eigenvalue weighted by Crippen LogP contribution is -2.46. The number of halogens is 1. The van der Waals surface area contributed by atoms with Crippen LogP contribution >= 0.6 is 7.82 Å². The number of nitrogens with two attached hydrogens (primary N) is 1. The van der Waals surface area contributed by atoms with Gasteiger partial charge in [0.2, 0.25) is 23.8 Å². The molecule has 3 atom stereocenters. The molecule has 1 fully saturated rings. The number of hydrogen-bond donors (Lipinski definition) is 2. The molecular formula is C15H19FN5O7P. The molecule has 0 saturated carbocycles. The van der Waals surface area contributed by atoms with Crippen molar-refractivity contribution in [3.63, 3.8) is 0 Å². The number of hydrogen-bond acceptors (Lipinski definition) is 11. The fourth-order valence-electron chi connectivity index (χ4n) is 2.91. The summed E-state index contributed by atoms with van der Waals surface area (Å²) in [7, 11) is -4.10. The molecule has 2 aliphatic heterocycles. The van der Waals surface area contributed by atoms with Crippen molar-refractivity contribution < 1.29 is 37.1 Å². The highest BCUT2D eigenvalue weighted by molar-refractivity contribution is 7.48. The van der Waals surface area contributed by atoms with Gasteiger partial charge in [-0.2, -0.15) is 14.4 Å². The van der Waals surface area contributed by atoms with Crippen LogP contribution in [-0.4, -0.2) is 55.9 Å². The molecule has 0 amide bonds. The van der Waals surface area contributed by atoms with Crippen molar-refractivity contribution in [1.82, 2.24) is 19.5 Å². The van der Waals surface area contributed by atoms with Gasteiger partial charge in [0.05, 0.1) is 12.7 Å². The Labute approximate surface area is 164 Å². The van der Waals surface area contributed by atoms with Crippen molar-refractivity contribution in [3.8, 4) is 5.88 Å². The van der Waals surface area contributed by atoms with E-state index in [9.17, 15) is 9.67 Å². The van der Waals surface area contributed by atoms with E-state index in [1.165, 1.54) is 6.33 Å². The Morgan fingerprint density at radius 3 is 2.97 bits per heavy atom. The zero-order valence-electron chi connectivity index (χ0n) is 15.7. The van der Waals surface area contributed by atoms with Crippen molar-refractivity contribution in [2.45, 2.75) is 38.8 Å². The van der Waals surface area contributed by atoms with Gasteiger partial charge < -0.3 is 20.3 Å². The first-order valence-electron chi connectivity index (χ1n) is 8.72. The standard InChI is InChI=1S/C15H19FN5O7P/c1-4-24-12-8-11(19-14(17)20-12)21(6-18-8)13-9(22)10-15(16,26-13)5-25-29(23,28-10)27-7(2)3/h6-7,10,22H,4-5H2,1-3H3,(H2,17,19,20)/t10-,15+,29?/m0/s1. The number of anilines is 1. The van der Waals surface area contributed by atoms with Crippen molar-refractivity contribution in [3.05, 3.63) is 12.1 Å². The number of rotatable bonds is 5. The average molecular weight is 431 g/mol. The molecule has 4 rings (SSSR count). The van der Waals surface area contributed by atoms with Crippen LogP contribution in [-0.2, 0) is 22.9 Å². The van der Waals surface area contributed by atoms with E-state index >= 15 is 4.39 Å². The van der Waals surface area contributed by atoms with E-state index in [-0.39, 0.29) is 28.9 Å². The van der Waals surface area contributed by atoms with E-state index in [4.69, 9.17) is 28.8 Å². The van der Waals surface area contributed by atoms with Crippen molar-refractivity contribution in [1.29, 1.82) is 0 Å². The maximum absolute atomic E-state index is 15.2. The number of aromatic nitrogens is 4. The van der Waals surface area contributed by atoms with Crippen LogP contribution in [0.5, 0.6) is 5.88 Å². The minimum atomic E-state index is -4.10. The summed E-state index contributed by atoms with van der Waals surface area (Å²) in [6, 6.07) is 0. The van der Waals surface area contributed by atoms with Gasteiger partial charge in [-0.3, -0.25) is 13.6 Å². The number of aliphatic hydroxyl groups is 1. The Morgan fingerprint density at radius 1 is 1.52 bits per heavy atom. The van der Waals surface area contributed by atoms with E-state index in [1.807, 2.05) is 0 Å². The number of imidazole rings is 1. The maximum Gasteiger partial charge on any atom is 0.476 e. The third kappa shape index (κ3) is 3.29. The number of nitrogen functional groups attached to an aromatic ring is 1. The molecule has 0 spiro atoms. The summed E-state index contributed by atoms with van der Waals surface area (Å²) < 4.78 is 54.8. The van der Waals surface area contributed by atoms with Crippen LogP contribution in [0.4, 0.5) is 10.3 Å². The Balaban J connectivity index is 1.76. The number of fused-ring (bicyclic) bond motifs is 2. The van der Waals surface area contributed by atoms with Crippen LogP contribution in [0.2, 0.25) is 0 Å². The summed E-state index contributed by atoms with van der Waals surface area (Å²) in [5.41, 5.74) is 6.03. The average Bonchev–Trinajstić information content (AvgIpc) is 3.15. The Kier molecular flexibility index (Phi) is 4.65. The maximum atomic E-state index is 15.2. The predicted molar refractivity (Wildman–Crippen MR) is 96.3 cm³/mol. The molecule has 1 unspecified atom stereocenters. The van der Waals surface area contributed by atoms with Gasteiger partial charge in [0.15, 0.2) is 16.9 Å². The van der Waals surface area contributed by atoms with Gasteiger partial charge in [-0.1, -0.05) is 0 Å². The zero-order chi connectivity index (χ0) is 21.0. The molecule has 12 nitrogen and oxygen atoms in total. The zero-order valence-corrected chi connectivity index (χ0v) is 16.6. The quantitative estimate of drug-likeness (QED) is 0.669. The summed E-state index contributed by atoms with van der Waals surface area (Å²) in [5, 5.41) is 10.6. The van der Waals surface area contributed by atoms with Gasteiger partial charge >= 0.3 is 13.7 Å². The van der Waals surface area contributed by atoms with Crippen molar-refractivity contribution in [2.24, 2.45) is 0 Å². The highest BCUT2D eigenvalue weighted by Gasteiger charge is 2.61. The SMILES string of the molecule is CCOc1nc(N)nc2c1ncn2C1=C(O)[C@@H]2OP(=O)(OC(C)C)OC[C@@]2(F)O1. The number of aliphatic hydroxyl groups excluding tert-OH is 1. The topological polar surface area (TPSA) is 153 Å². The van der Waals surface area contributed by atoms with Gasteiger partial charge in [0.25, 0.3) is 0 Å². The van der Waals surface area contributed by atoms with E-state index in [0.717, 1.165) is 4.57 Å².